The fourth-order valence-electron chi connectivity index (χ4n) is 3.18. The molecular weight excluding hydrogens is 358 g/mol. The molecule has 8 nitrogen and oxygen atoms in total. The number of nitrogens with one attached hydrogen (secondary N) is 1. The van der Waals surface area contributed by atoms with Crippen molar-refractivity contribution in [1.82, 2.24) is 14.7 Å². The van der Waals surface area contributed by atoms with Gasteiger partial charge in [0.2, 0.25) is 11.8 Å². The average Bonchev–Trinajstić information content (AvgIpc) is 3.27. The summed E-state index contributed by atoms with van der Waals surface area (Å²) in [5.74, 6) is -0.356. The Balaban J connectivity index is 1.55. The van der Waals surface area contributed by atoms with Crippen LogP contribution in [-0.2, 0) is 14.3 Å². The first-order valence-corrected chi connectivity index (χ1v) is 9.59. The van der Waals surface area contributed by atoms with Crippen LogP contribution in [0.4, 0.5) is 11.4 Å². The number of amides is 2. The molecule has 2 amide bonds. The molecule has 0 aliphatic carbocycles. The smallest absolute Gasteiger partial charge is 0.247 e. The van der Waals surface area contributed by atoms with E-state index < -0.39 is 6.04 Å². The molecule has 0 bridgehead atoms. The van der Waals surface area contributed by atoms with Gasteiger partial charge in [0.25, 0.3) is 0 Å². The van der Waals surface area contributed by atoms with E-state index in [4.69, 9.17) is 4.74 Å². The van der Waals surface area contributed by atoms with Crippen molar-refractivity contribution in [2.75, 3.05) is 49.6 Å². The number of hydrogen-bond acceptors (Lipinski definition) is 5. The van der Waals surface area contributed by atoms with Gasteiger partial charge in [-0.15, -0.1) is 0 Å². The second-order valence-electron chi connectivity index (χ2n) is 6.71. The van der Waals surface area contributed by atoms with Crippen molar-refractivity contribution in [1.29, 1.82) is 0 Å². The molecule has 0 radical (unpaired) electrons. The molecule has 1 aromatic heterocycles. The normalized spacial score (nSPS) is 15.1. The Morgan fingerprint density at radius 1 is 1.25 bits per heavy atom. The van der Waals surface area contributed by atoms with Crippen LogP contribution >= 0.6 is 0 Å². The topological polar surface area (TPSA) is 79.7 Å². The molecule has 28 heavy (non-hydrogen) atoms. The maximum atomic E-state index is 12.6. The molecule has 1 atom stereocenters. The van der Waals surface area contributed by atoms with E-state index in [2.05, 4.69) is 15.3 Å². The highest BCUT2D eigenvalue weighted by Crippen LogP contribution is 2.19. The summed E-state index contributed by atoms with van der Waals surface area (Å²) in [6, 6.07) is 9.07. The molecule has 0 saturated carbocycles. The highest BCUT2D eigenvalue weighted by molar-refractivity contribution is 5.95. The Labute approximate surface area is 165 Å². The van der Waals surface area contributed by atoms with E-state index in [0.29, 0.717) is 12.2 Å². The van der Waals surface area contributed by atoms with Gasteiger partial charge in [-0.1, -0.05) is 0 Å². The van der Waals surface area contributed by atoms with Gasteiger partial charge in [0.05, 0.1) is 19.8 Å². The summed E-state index contributed by atoms with van der Waals surface area (Å²) in [6.45, 7) is 7.30. The van der Waals surface area contributed by atoms with Crippen molar-refractivity contribution in [2.24, 2.45) is 0 Å². The van der Waals surface area contributed by atoms with E-state index in [-0.39, 0.29) is 18.4 Å². The molecule has 0 spiro atoms. The highest BCUT2D eigenvalue weighted by atomic mass is 16.5. The first kappa shape index (κ1) is 19.9. The number of ether oxygens (including phenoxy) is 1. The SMILES string of the molecule is CCN(CC(=O)Nc1ccc(N2CCOCC2)cc1)C(=O)C(C)n1cccn1. The molecule has 1 aliphatic rings. The molecule has 1 aromatic carbocycles. The molecule has 150 valence electrons. The first-order valence-electron chi connectivity index (χ1n) is 9.59. The van der Waals surface area contributed by atoms with Crippen LogP contribution in [0.5, 0.6) is 0 Å². The Morgan fingerprint density at radius 2 is 1.96 bits per heavy atom. The molecule has 1 fully saturated rings. The van der Waals surface area contributed by atoms with Gasteiger partial charge in [0.1, 0.15) is 6.04 Å². The van der Waals surface area contributed by atoms with Gasteiger partial charge in [-0.2, -0.15) is 5.10 Å². The lowest BCUT2D eigenvalue weighted by Crippen LogP contribution is -2.41. The zero-order valence-corrected chi connectivity index (χ0v) is 16.4. The Morgan fingerprint density at radius 3 is 2.57 bits per heavy atom. The summed E-state index contributed by atoms with van der Waals surface area (Å²) in [5.41, 5.74) is 1.82. The molecule has 2 aromatic rings. The summed E-state index contributed by atoms with van der Waals surface area (Å²) in [4.78, 5) is 28.9. The van der Waals surface area contributed by atoms with E-state index in [0.717, 1.165) is 32.0 Å². The number of aromatic nitrogens is 2. The van der Waals surface area contributed by atoms with Gasteiger partial charge in [-0.05, 0) is 44.2 Å². The van der Waals surface area contributed by atoms with Crippen LogP contribution < -0.4 is 10.2 Å². The zero-order chi connectivity index (χ0) is 19.9. The van der Waals surface area contributed by atoms with Gasteiger partial charge in [0, 0.05) is 43.4 Å². The third-order valence-corrected chi connectivity index (χ3v) is 4.83. The van der Waals surface area contributed by atoms with Crippen LogP contribution in [0, 0.1) is 0 Å². The van der Waals surface area contributed by atoms with Crippen LogP contribution in [0.2, 0.25) is 0 Å². The van der Waals surface area contributed by atoms with Crippen LogP contribution in [0.25, 0.3) is 0 Å². The van der Waals surface area contributed by atoms with Crippen LogP contribution in [0.15, 0.2) is 42.7 Å². The number of benzene rings is 1. The fourth-order valence-corrected chi connectivity index (χ4v) is 3.18. The van der Waals surface area contributed by atoms with Gasteiger partial charge < -0.3 is 19.9 Å². The largest absolute Gasteiger partial charge is 0.378 e. The van der Waals surface area contributed by atoms with Crippen molar-refractivity contribution in [3.63, 3.8) is 0 Å². The van der Waals surface area contributed by atoms with Crippen LogP contribution in [0.1, 0.15) is 19.9 Å². The number of carbonyl (C=O) groups excluding carboxylic acids is 2. The maximum absolute atomic E-state index is 12.6. The average molecular weight is 385 g/mol. The van der Waals surface area contributed by atoms with Crippen molar-refractivity contribution >= 4 is 23.2 Å². The summed E-state index contributed by atoms with van der Waals surface area (Å²) >= 11 is 0. The van der Waals surface area contributed by atoms with Crippen molar-refractivity contribution in [3.8, 4) is 0 Å². The number of rotatable bonds is 7. The zero-order valence-electron chi connectivity index (χ0n) is 16.4. The minimum atomic E-state index is -0.449. The number of anilines is 2. The van der Waals surface area contributed by atoms with Crippen molar-refractivity contribution < 1.29 is 14.3 Å². The van der Waals surface area contributed by atoms with Crippen LogP contribution in [-0.4, -0.2) is 65.9 Å². The standard InChI is InChI=1S/C20H27N5O3/c1-3-23(20(27)16(2)25-10-4-9-21-25)15-19(26)22-17-5-7-18(8-6-17)24-11-13-28-14-12-24/h4-10,16H,3,11-15H2,1-2H3,(H,22,26). The molecule has 3 rings (SSSR count). The van der Waals surface area contributed by atoms with E-state index >= 15 is 0 Å². The fraction of sp³-hybridized carbons (Fsp3) is 0.450. The Bertz CT molecular complexity index is 770. The van der Waals surface area contributed by atoms with E-state index in [1.54, 1.807) is 30.1 Å². The summed E-state index contributed by atoms with van der Waals surface area (Å²) in [5, 5.41) is 6.97. The summed E-state index contributed by atoms with van der Waals surface area (Å²) in [6.07, 6.45) is 3.37. The van der Waals surface area contributed by atoms with Gasteiger partial charge in [-0.3, -0.25) is 14.3 Å². The Hall–Kier alpha value is -2.87. The lowest BCUT2D eigenvalue weighted by molar-refractivity contribution is -0.137. The van der Waals surface area contributed by atoms with Gasteiger partial charge in [0.15, 0.2) is 0 Å². The minimum absolute atomic E-state index is 0.00611. The first-order chi connectivity index (χ1) is 13.6. The lowest BCUT2D eigenvalue weighted by atomic mass is 10.2. The van der Waals surface area contributed by atoms with Gasteiger partial charge >= 0.3 is 0 Å². The third-order valence-electron chi connectivity index (χ3n) is 4.83. The molecule has 1 aliphatic heterocycles. The molecule has 1 N–H and O–H groups in total. The quantitative estimate of drug-likeness (QED) is 0.786. The van der Waals surface area contributed by atoms with Crippen molar-refractivity contribution in [2.45, 2.75) is 19.9 Å². The number of morpholine rings is 1. The maximum Gasteiger partial charge on any atom is 0.247 e. The third kappa shape index (κ3) is 4.89. The number of likely N-dealkylation sites (N-methyl/N-ethyl adjacent to an activating group) is 1. The minimum Gasteiger partial charge on any atom is -0.378 e. The van der Waals surface area contributed by atoms with Gasteiger partial charge in [-0.25, -0.2) is 0 Å². The summed E-state index contributed by atoms with van der Waals surface area (Å²) < 4.78 is 6.96. The predicted octanol–water partition coefficient (Wildman–Crippen LogP) is 1.77. The van der Waals surface area contributed by atoms with Crippen LogP contribution in [0.3, 0.4) is 0 Å². The van der Waals surface area contributed by atoms with E-state index in [1.165, 1.54) is 4.90 Å². The number of carbonyl (C=O) groups is 2. The van der Waals surface area contributed by atoms with Crippen molar-refractivity contribution in [3.05, 3.63) is 42.7 Å². The monoisotopic (exact) mass is 385 g/mol. The van der Waals surface area contributed by atoms with E-state index in [9.17, 15) is 9.59 Å². The Kier molecular flexibility index (Phi) is 6.65. The number of hydrogen-bond donors (Lipinski definition) is 1. The number of nitrogens with zero attached hydrogens (tertiary/aromatic N) is 4. The lowest BCUT2D eigenvalue weighted by Gasteiger charge is -2.29. The highest BCUT2D eigenvalue weighted by Gasteiger charge is 2.23. The molecule has 8 heteroatoms. The second kappa shape index (κ2) is 9.36. The molecular formula is C20H27N5O3. The van der Waals surface area contributed by atoms with E-state index in [1.807, 2.05) is 31.2 Å². The predicted molar refractivity (Wildman–Crippen MR) is 107 cm³/mol. The molecule has 1 unspecified atom stereocenters. The summed E-state index contributed by atoms with van der Waals surface area (Å²) in [7, 11) is 0. The molecule has 2 heterocycles. The molecule has 1 saturated heterocycles. The second-order valence-corrected chi connectivity index (χ2v) is 6.71.